The van der Waals surface area contributed by atoms with Gasteiger partial charge in [-0.25, -0.2) is 4.98 Å². The minimum Gasteiger partial charge on any atom is -0.493 e. The highest BCUT2D eigenvalue weighted by molar-refractivity contribution is 9.11. The summed E-state index contributed by atoms with van der Waals surface area (Å²) in [7, 11) is 0. The molecule has 0 radical (unpaired) electrons. The third-order valence-corrected chi connectivity index (χ3v) is 3.38. The summed E-state index contributed by atoms with van der Waals surface area (Å²) in [6.07, 6.45) is 2.18. The summed E-state index contributed by atoms with van der Waals surface area (Å²) in [5.41, 5.74) is 0. The van der Waals surface area contributed by atoms with Crippen LogP contribution in [0.25, 0.3) is 0 Å². The molecule has 2 heterocycles. The monoisotopic (exact) mass is 349 g/mol. The number of halogens is 2. The van der Waals surface area contributed by atoms with Crippen LogP contribution in [0.2, 0.25) is 0 Å². The van der Waals surface area contributed by atoms with Crippen LogP contribution >= 0.6 is 31.9 Å². The van der Waals surface area contributed by atoms with Gasteiger partial charge in [-0.1, -0.05) is 0 Å². The van der Waals surface area contributed by atoms with E-state index < -0.39 is 0 Å². The fourth-order valence-corrected chi connectivity index (χ4v) is 2.72. The number of nitrogens with zero attached hydrogens (tertiary/aromatic N) is 1. The van der Waals surface area contributed by atoms with Crippen LogP contribution in [-0.2, 0) is 4.74 Å². The SMILES string of the molecule is Brc1cc(OCC2CCOCC2)cc(Br)n1. The van der Waals surface area contributed by atoms with Gasteiger partial charge in [-0.05, 0) is 50.6 Å². The van der Waals surface area contributed by atoms with E-state index in [0.717, 1.165) is 47.6 Å². The summed E-state index contributed by atoms with van der Waals surface area (Å²) in [5.74, 6) is 1.46. The molecular formula is C11H13Br2NO2. The van der Waals surface area contributed by atoms with E-state index in [2.05, 4.69) is 36.8 Å². The van der Waals surface area contributed by atoms with E-state index in [1.54, 1.807) is 0 Å². The van der Waals surface area contributed by atoms with Gasteiger partial charge in [0, 0.05) is 25.3 Å². The fraction of sp³-hybridized carbons (Fsp3) is 0.545. The van der Waals surface area contributed by atoms with Crippen LogP contribution in [-0.4, -0.2) is 24.8 Å². The molecule has 0 aromatic carbocycles. The Kier molecular flexibility index (Phi) is 4.61. The zero-order valence-electron chi connectivity index (χ0n) is 8.79. The second kappa shape index (κ2) is 5.98. The Bertz CT molecular complexity index is 334. The molecule has 1 saturated heterocycles. The van der Waals surface area contributed by atoms with E-state index in [4.69, 9.17) is 9.47 Å². The number of ether oxygens (including phenoxy) is 2. The van der Waals surface area contributed by atoms with Crippen LogP contribution in [0.3, 0.4) is 0 Å². The molecule has 0 aliphatic carbocycles. The van der Waals surface area contributed by atoms with Crippen molar-refractivity contribution in [3.63, 3.8) is 0 Å². The fourth-order valence-electron chi connectivity index (χ4n) is 1.65. The molecule has 16 heavy (non-hydrogen) atoms. The molecule has 3 nitrogen and oxygen atoms in total. The molecular weight excluding hydrogens is 338 g/mol. The smallest absolute Gasteiger partial charge is 0.124 e. The maximum absolute atomic E-state index is 5.75. The van der Waals surface area contributed by atoms with Crippen LogP contribution in [0.4, 0.5) is 0 Å². The lowest BCUT2D eigenvalue weighted by atomic mass is 10.0. The Morgan fingerprint density at radius 2 is 1.88 bits per heavy atom. The Hall–Kier alpha value is -0.130. The maximum Gasteiger partial charge on any atom is 0.124 e. The van der Waals surface area contributed by atoms with E-state index in [-0.39, 0.29) is 0 Å². The number of pyridine rings is 1. The van der Waals surface area contributed by atoms with Gasteiger partial charge in [0.05, 0.1) is 6.61 Å². The van der Waals surface area contributed by atoms with Crippen LogP contribution in [0.5, 0.6) is 5.75 Å². The summed E-state index contributed by atoms with van der Waals surface area (Å²) < 4.78 is 12.6. The predicted molar refractivity (Wildman–Crippen MR) is 68.7 cm³/mol. The summed E-state index contributed by atoms with van der Waals surface area (Å²) in [4.78, 5) is 4.16. The van der Waals surface area contributed by atoms with Gasteiger partial charge in [-0.15, -0.1) is 0 Å². The van der Waals surface area contributed by atoms with Gasteiger partial charge in [-0.2, -0.15) is 0 Å². The Balaban J connectivity index is 1.88. The minimum atomic E-state index is 0.611. The van der Waals surface area contributed by atoms with E-state index in [9.17, 15) is 0 Å². The van der Waals surface area contributed by atoms with Gasteiger partial charge >= 0.3 is 0 Å². The second-order valence-corrected chi connectivity index (χ2v) is 5.44. The molecule has 0 saturated carbocycles. The third-order valence-electron chi connectivity index (χ3n) is 2.56. The van der Waals surface area contributed by atoms with Crippen molar-refractivity contribution in [1.82, 2.24) is 4.98 Å². The topological polar surface area (TPSA) is 31.4 Å². The Labute approximate surface area is 112 Å². The van der Waals surface area contributed by atoms with Crippen molar-refractivity contribution < 1.29 is 9.47 Å². The van der Waals surface area contributed by atoms with Gasteiger partial charge in [0.1, 0.15) is 15.0 Å². The van der Waals surface area contributed by atoms with Crippen LogP contribution in [0.1, 0.15) is 12.8 Å². The van der Waals surface area contributed by atoms with Crippen molar-refractivity contribution in [3.05, 3.63) is 21.3 Å². The molecule has 2 rings (SSSR count). The Morgan fingerprint density at radius 1 is 1.25 bits per heavy atom. The lowest BCUT2D eigenvalue weighted by molar-refractivity contribution is 0.0497. The standard InChI is InChI=1S/C11H13Br2NO2/c12-10-5-9(6-11(13)14-10)16-7-8-1-3-15-4-2-8/h5-6,8H,1-4,7H2. The maximum atomic E-state index is 5.75. The predicted octanol–water partition coefficient (Wildman–Crippen LogP) is 3.41. The van der Waals surface area contributed by atoms with E-state index >= 15 is 0 Å². The number of hydrogen-bond acceptors (Lipinski definition) is 3. The van der Waals surface area contributed by atoms with Gasteiger partial charge in [0.15, 0.2) is 0 Å². The molecule has 1 aromatic heterocycles. The molecule has 1 aliphatic heterocycles. The number of hydrogen-bond donors (Lipinski definition) is 0. The van der Waals surface area contributed by atoms with Crippen molar-refractivity contribution in [1.29, 1.82) is 0 Å². The van der Waals surface area contributed by atoms with Crippen LogP contribution in [0.15, 0.2) is 21.3 Å². The van der Waals surface area contributed by atoms with Gasteiger partial charge in [0.25, 0.3) is 0 Å². The van der Waals surface area contributed by atoms with Gasteiger partial charge in [0.2, 0.25) is 0 Å². The molecule has 1 fully saturated rings. The first-order valence-electron chi connectivity index (χ1n) is 5.27. The normalized spacial score (nSPS) is 17.4. The van der Waals surface area contributed by atoms with Crippen molar-refractivity contribution in [2.24, 2.45) is 5.92 Å². The zero-order chi connectivity index (χ0) is 11.4. The van der Waals surface area contributed by atoms with Gasteiger partial charge in [-0.3, -0.25) is 0 Å². The quantitative estimate of drug-likeness (QED) is 0.783. The molecule has 88 valence electrons. The lowest BCUT2D eigenvalue weighted by Crippen LogP contribution is -2.21. The first-order valence-corrected chi connectivity index (χ1v) is 6.86. The van der Waals surface area contributed by atoms with Crippen molar-refractivity contribution in [2.75, 3.05) is 19.8 Å². The molecule has 0 atom stereocenters. The molecule has 1 aliphatic rings. The molecule has 0 unspecified atom stereocenters. The first kappa shape index (κ1) is 12.3. The highest BCUT2D eigenvalue weighted by atomic mass is 79.9. The third kappa shape index (κ3) is 3.71. The van der Waals surface area contributed by atoms with Crippen molar-refractivity contribution in [3.8, 4) is 5.75 Å². The molecule has 0 bridgehead atoms. The van der Waals surface area contributed by atoms with E-state index in [1.807, 2.05) is 12.1 Å². The zero-order valence-corrected chi connectivity index (χ0v) is 12.0. The van der Waals surface area contributed by atoms with Crippen molar-refractivity contribution >= 4 is 31.9 Å². The number of rotatable bonds is 3. The summed E-state index contributed by atoms with van der Waals surface area (Å²) in [6.45, 7) is 2.47. The highest BCUT2D eigenvalue weighted by Crippen LogP contribution is 2.23. The minimum absolute atomic E-state index is 0.611. The average Bonchev–Trinajstić information content (AvgIpc) is 2.27. The summed E-state index contributed by atoms with van der Waals surface area (Å²) in [6, 6.07) is 3.76. The summed E-state index contributed by atoms with van der Waals surface area (Å²) in [5, 5.41) is 0. The van der Waals surface area contributed by atoms with Crippen molar-refractivity contribution in [2.45, 2.75) is 12.8 Å². The van der Waals surface area contributed by atoms with E-state index in [1.165, 1.54) is 0 Å². The second-order valence-electron chi connectivity index (χ2n) is 3.82. The van der Waals surface area contributed by atoms with E-state index in [0.29, 0.717) is 5.92 Å². The summed E-state index contributed by atoms with van der Waals surface area (Å²) >= 11 is 6.68. The van der Waals surface area contributed by atoms with Crippen LogP contribution < -0.4 is 4.74 Å². The highest BCUT2D eigenvalue weighted by Gasteiger charge is 2.14. The largest absolute Gasteiger partial charge is 0.493 e. The molecule has 0 spiro atoms. The molecule has 0 N–H and O–H groups in total. The van der Waals surface area contributed by atoms with Gasteiger partial charge < -0.3 is 9.47 Å². The molecule has 0 amide bonds. The number of aromatic nitrogens is 1. The lowest BCUT2D eigenvalue weighted by Gasteiger charge is -2.22. The van der Waals surface area contributed by atoms with Crippen LogP contribution in [0, 0.1) is 5.92 Å². The molecule has 5 heteroatoms. The molecule has 1 aromatic rings. The first-order chi connectivity index (χ1) is 7.74. The Morgan fingerprint density at radius 3 is 2.50 bits per heavy atom. The average molecular weight is 351 g/mol.